The Hall–Kier alpha value is -4.55. The van der Waals surface area contributed by atoms with Crippen LogP contribution < -0.4 is 15.0 Å². The summed E-state index contributed by atoms with van der Waals surface area (Å²) < 4.78 is 46.4. The van der Waals surface area contributed by atoms with Crippen LogP contribution in [0.4, 0.5) is 23.8 Å². The molecule has 4 aromatic rings. The zero-order chi connectivity index (χ0) is 29.2. The first-order chi connectivity index (χ1) is 20.2. The van der Waals surface area contributed by atoms with E-state index in [-0.39, 0.29) is 18.4 Å². The third kappa shape index (κ3) is 4.34. The SMILES string of the molecule is COc1ncnc(C2CC2)c1-c1ncc2c(n1)N(Cc1ccc(-c3nc(C(F)(F)F)cn3C)cc1)C(=O)NC21CCC1. The standard InChI is InChI=1S/C29H27F3N8O2/c1-39-14-20(29(30,31)32)36-24(39)18-6-4-16(5-7-18)13-40-25-19(28(10-3-11-28)38-27(40)41)12-33-23(37-25)21-22(17-8-9-17)34-15-35-26(21)42-2/h4-7,12,14-15,17H,3,8-11,13H2,1-2H3,(H,38,41). The average Bonchev–Trinajstić information content (AvgIpc) is 3.73. The predicted octanol–water partition coefficient (Wildman–Crippen LogP) is 5.35. The highest BCUT2D eigenvalue weighted by molar-refractivity contribution is 5.95. The quantitative estimate of drug-likeness (QED) is 0.330. The molecule has 1 N–H and O–H groups in total. The van der Waals surface area contributed by atoms with Crippen LogP contribution in [-0.2, 0) is 25.3 Å². The molecule has 3 aromatic heterocycles. The lowest BCUT2D eigenvalue weighted by atomic mass is 9.71. The van der Waals surface area contributed by atoms with Crippen LogP contribution in [0, 0.1) is 0 Å². The number of aromatic nitrogens is 6. The number of methoxy groups -OCH3 is 1. The second-order valence-corrected chi connectivity index (χ2v) is 11.1. The van der Waals surface area contributed by atoms with Gasteiger partial charge in [0, 0.05) is 36.5 Å². The van der Waals surface area contributed by atoms with E-state index in [1.165, 1.54) is 17.9 Å². The lowest BCUT2D eigenvalue weighted by Gasteiger charge is -2.48. The highest BCUT2D eigenvalue weighted by Crippen LogP contribution is 2.49. The van der Waals surface area contributed by atoms with E-state index in [2.05, 4.69) is 20.3 Å². The maximum Gasteiger partial charge on any atom is 0.434 e. The Morgan fingerprint density at radius 2 is 1.86 bits per heavy atom. The number of urea groups is 1. The number of hydrogen-bond donors (Lipinski definition) is 1. The van der Waals surface area contributed by atoms with E-state index in [0.29, 0.717) is 34.6 Å². The Bertz CT molecular complexity index is 1690. The van der Waals surface area contributed by atoms with E-state index >= 15 is 0 Å². The van der Waals surface area contributed by atoms with Crippen LogP contribution in [0.2, 0.25) is 0 Å². The summed E-state index contributed by atoms with van der Waals surface area (Å²) in [5.41, 5.74) is 2.18. The first-order valence-corrected chi connectivity index (χ1v) is 13.7. The fraction of sp³-hybridized carbons (Fsp3) is 0.379. The highest BCUT2D eigenvalue weighted by Gasteiger charge is 2.48. The summed E-state index contributed by atoms with van der Waals surface area (Å²) >= 11 is 0. The number of carbonyl (C=O) groups is 1. The van der Waals surface area contributed by atoms with E-state index in [0.717, 1.165) is 55.1 Å². The number of nitrogens with one attached hydrogen (secondary N) is 1. The van der Waals surface area contributed by atoms with Gasteiger partial charge >= 0.3 is 12.2 Å². The Balaban J connectivity index is 1.25. The van der Waals surface area contributed by atoms with Crippen molar-refractivity contribution < 1.29 is 22.7 Å². The minimum atomic E-state index is -4.53. The first-order valence-electron chi connectivity index (χ1n) is 13.7. The van der Waals surface area contributed by atoms with Crippen LogP contribution in [0.5, 0.6) is 5.88 Å². The molecule has 10 nitrogen and oxygen atoms in total. The molecule has 2 aliphatic carbocycles. The number of rotatable bonds is 6. The number of imidazole rings is 1. The van der Waals surface area contributed by atoms with Crippen LogP contribution in [0.1, 0.15) is 60.5 Å². The number of nitrogens with zero attached hydrogens (tertiary/aromatic N) is 7. The molecule has 1 aliphatic heterocycles. The number of benzene rings is 1. The second-order valence-electron chi connectivity index (χ2n) is 11.1. The molecule has 0 saturated heterocycles. The molecule has 0 atom stereocenters. The molecule has 0 unspecified atom stereocenters. The highest BCUT2D eigenvalue weighted by atomic mass is 19.4. The van der Waals surface area contributed by atoms with Gasteiger partial charge in [-0.15, -0.1) is 0 Å². The van der Waals surface area contributed by atoms with Crippen LogP contribution in [0.25, 0.3) is 22.8 Å². The van der Waals surface area contributed by atoms with E-state index < -0.39 is 17.4 Å². The summed E-state index contributed by atoms with van der Waals surface area (Å²) in [4.78, 5) is 37.4. The van der Waals surface area contributed by atoms with Crippen molar-refractivity contribution in [2.24, 2.45) is 7.05 Å². The van der Waals surface area contributed by atoms with Gasteiger partial charge < -0.3 is 14.6 Å². The molecule has 13 heteroatoms. The van der Waals surface area contributed by atoms with Gasteiger partial charge in [0.25, 0.3) is 0 Å². The van der Waals surface area contributed by atoms with Crippen molar-refractivity contribution in [1.82, 2.24) is 34.8 Å². The minimum absolute atomic E-state index is 0.192. The largest absolute Gasteiger partial charge is 0.480 e. The van der Waals surface area contributed by atoms with Crippen molar-refractivity contribution >= 4 is 11.8 Å². The number of fused-ring (bicyclic) bond motifs is 2. The summed E-state index contributed by atoms with van der Waals surface area (Å²) in [6, 6.07) is 6.69. The number of aryl methyl sites for hydroxylation is 1. The van der Waals surface area contributed by atoms with Gasteiger partial charge in [0.2, 0.25) is 5.88 Å². The number of alkyl halides is 3. The lowest BCUT2D eigenvalue weighted by molar-refractivity contribution is -0.140. The zero-order valence-electron chi connectivity index (χ0n) is 22.9. The number of halogens is 3. The molecule has 216 valence electrons. The van der Waals surface area contributed by atoms with Gasteiger partial charge in [-0.3, -0.25) is 4.90 Å². The number of hydrogen-bond acceptors (Lipinski definition) is 7. The monoisotopic (exact) mass is 576 g/mol. The normalized spacial score (nSPS) is 17.5. The maximum absolute atomic E-state index is 13.5. The Kier molecular flexibility index (Phi) is 5.96. The van der Waals surface area contributed by atoms with Gasteiger partial charge in [0.1, 0.15) is 23.5 Å². The maximum atomic E-state index is 13.5. The van der Waals surface area contributed by atoms with Gasteiger partial charge in [-0.1, -0.05) is 24.3 Å². The summed E-state index contributed by atoms with van der Waals surface area (Å²) in [5.74, 6) is 1.78. The average molecular weight is 577 g/mol. The molecule has 2 saturated carbocycles. The van der Waals surface area contributed by atoms with Gasteiger partial charge in [-0.2, -0.15) is 13.2 Å². The van der Waals surface area contributed by atoms with Crippen LogP contribution >= 0.6 is 0 Å². The first kappa shape index (κ1) is 26.4. The predicted molar refractivity (Wildman–Crippen MR) is 145 cm³/mol. The van der Waals surface area contributed by atoms with Crippen molar-refractivity contribution in [3.63, 3.8) is 0 Å². The fourth-order valence-electron chi connectivity index (χ4n) is 5.77. The molecule has 0 bridgehead atoms. The van der Waals surface area contributed by atoms with Crippen molar-refractivity contribution in [1.29, 1.82) is 0 Å². The number of carbonyl (C=O) groups excluding carboxylic acids is 1. The van der Waals surface area contributed by atoms with Gasteiger partial charge in [-0.05, 0) is 37.7 Å². The third-order valence-corrected chi connectivity index (χ3v) is 8.28. The zero-order valence-corrected chi connectivity index (χ0v) is 22.9. The van der Waals surface area contributed by atoms with Crippen LogP contribution in [-0.4, -0.2) is 42.6 Å². The topological polar surface area (TPSA) is 111 Å². The molecule has 1 spiro atoms. The molecule has 7 rings (SSSR count). The van der Waals surface area contributed by atoms with E-state index in [4.69, 9.17) is 14.7 Å². The lowest BCUT2D eigenvalue weighted by Crippen LogP contribution is -2.59. The molecule has 4 heterocycles. The molecule has 2 fully saturated rings. The minimum Gasteiger partial charge on any atom is -0.480 e. The Labute approximate surface area is 239 Å². The number of amides is 2. The van der Waals surface area contributed by atoms with E-state index in [9.17, 15) is 18.0 Å². The van der Waals surface area contributed by atoms with Gasteiger partial charge in [-0.25, -0.2) is 29.7 Å². The van der Waals surface area contributed by atoms with Crippen molar-refractivity contribution in [2.75, 3.05) is 12.0 Å². The van der Waals surface area contributed by atoms with Crippen molar-refractivity contribution in [3.05, 3.63) is 65.5 Å². The summed E-state index contributed by atoms with van der Waals surface area (Å²) in [5, 5.41) is 3.18. The molecular formula is C29H27F3N8O2. The molecule has 1 aromatic carbocycles. The number of ether oxygens (including phenoxy) is 1. The van der Waals surface area contributed by atoms with Gasteiger partial charge in [0.15, 0.2) is 11.5 Å². The summed E-state index contributed by atoms with van der Waals surface area (Å²) in [7, 11) is 3.07. The summed E-state index contributed by atoms with van der Waals surface area (Å²) in [6.07, 6.45) is 4.32. The van der Waals surface area contributed by atoms with Crippen LogP contribution in [0.3, 0.4) is 0 Å². The second kappa shape index (κ2) is 9.50. The molecule has 0 radical (unpaired) electrons. The van der Waals surface area contributed by atoms with Crippen molar-refractivity contribution in [3.8, 4) is 28.7 Å². The van der Waals surface area contributed by atoms with Crippen LogP contribution in [0.15, 0.2) is 43.0 Å². The molecule has 3 aliphatic rings. The van der Waals surface area contributed by atoms with Crippen molar-refractivity contribution in [2.45, 2.75) is 56.3 Å². The van der Waals surface area contributed by atoms with E-state index in [1.54, 1.807) is 42.5 Å². The molecule has 42 heavy (non-hydrogen) atoms. The smallest absolute Gasteiger partial charge is 0.434 e. The summed E-state index contributed by atoms with van der Waals surface area (Å²) in [6.45, 7) is 0.192. The number of anilines is 1. The van der Waals surface area contributed by atoms with Gasteiger partial charge in [0.05, 0.1) is 24.9 Å². The third-order valence-electron chi connectivity index (χ3n) is 8.28. The van der Waals surface area contributed by atoms with E-state index in [1.807, 2.05) is 0 Å². The Morgan fingerprint density at radius 3 is 2.48 bits per heavy atom. The molecular weight excluding hydrogens is 549 g/mol. The molecule has 2 amide bonds. The fourth-order valence-corrected chi connectivity index (χ4v) is 5.77. The Morgan fingerprint density at radius 1 is 1.10 bits per heavy atom.